The predicted molar refractivity (Wildman–Crippen MR) is 68.2 cm³/mol. The Morgan fingerprint density at radius 1 is 1.29 bits per heavy atom. The minimum atomic E-state index is -0.364. The van der Waals surface area contributed by atoms with Crippen LogP contribution in [-0.2, 0) is 0 Å². The summed E-state index contributed by atoms with van der Waals surface area (Å²) in [5, 5.41) is 10.1. The van der Waals surface area contributed by atoms with Crippen LogP contribution in [0, 0.1) is 0 Å². The third-order valence-corrected chi connectivity index (χ3v) is 2.69. The maximum absolute atomic E-state index is 8.96. The summed E-state index contributed by atoms with van der Waals surface area (Å²) >= 11 is 0. The molecule has 1 aromatic heterocycles. The highest BCUT2D eigenvalue weighted by Gasteiger charge is 2.18. The van der Waals surface area contributed by atoms with Gasteiger partial charge in [0.15, 0.2) is 0 Å². The SMILES string of the molecule is CC(C)(CCO)Oc1ccc2cccnc2c1. The summed E-state index contributed by atoms with van der Waals surface area (Å²) in [5.74, 6) is 0.787. The van der Waals surface area contributed by atoms with E-state index < -0.39 is 0 Å². The average Bonchev–Trinajstić information content (AvgIpc) is 2.28. The third kappa shape index (κ3) is 2.94. The Balaban J connectivity index is 2.25. The second-order valence-corrected chi connectivity index (χ2v) is 4.69. The fraction of sp³-hybridized carbons (Fsp3) is 0.357. The van der Waals surface area contributed by atoms with Crippen LogP contribution in [0.2, 0.25) is 0 Å². The molecule has 1 N–H and O–H groups in total. The molecule has 1 heterocycles. The van der Waals surface area contributed by atoms with Gasteiger partial charge < -0.3 is 9.84 Å². The van der Waals surface area contributed by atoms with Crippen LogP contribution in [0.4, 0.5) is 0 Å². The Morgan fingerprint density at radius 2 is 2.12 bits per heavy atom. The molecular formula is C14H17NO2. The molecule has 0 bridgehead atoms. The highest BCUT2D eigenvalue weighted by molar-refractivity contribution is 5.79. The lowest BCUT2D eigenvalue weighted by molar-refractivity contribution is 0.0766. The normalized spacial score (nSPS) is 11.7. The first-order valence-electron chi connectivity index (χ1n) is 5.75. The molecule has 0 saturated heterocycles. The first-order valence-corrected chi connectivity index (χ1v) is 5.75. The number of nitrogens with zero attached hydrogens (tertiary/aromatic N) is 1. The van der Waals surface area contributed by atoms with Crippen molar-refractivity contribution in [1.29, 1.82) is 0 Å². The third-order valence-electron chi connectivity index (χ3n) is 2.69. The van der Waals surface area contributed by atoms with Crippen molar-refractivity contribution in [1.82, 2.24) is 4.98 Å². The molecule has 0 saturated carbocycles. The molecule has 0 aliphatic heterocycles. The molecule has 1 aromatic carbocycles. The van der Waals surface area contributed by atoms with E-state index in [4.69, 9.17) is 9.84 Å². The van der Waals surface area contributed by atoms with Crippen molar-refractivity contribution in [2.24, 2.45) is 0 Å². The number of aliphatic hydroxyl groups is 1. The molecule has 0 aliphatic carbocycles. The molecule has 0 unspecified atom stereocenters. The van der Waals surface area contributed by atoms with Crippen LogP contribution in [-0.4, -0.2) is 22.3 Å². The molecular weight excluding hydrogens is 214 g/mol. The minimum Gasteiger partial charge on any atom is -0.488 e. The molecule has 0 fully saturated rings. The molecule has 2 aromatic rings. The summed E-state index contributed by atoms with van der Waals surface area (Å²) in [6.45, 7) is 4.05. The summed E-state index contributed by atoms with van der Waals surface area (Å²) in [6, 6.07) is 9.79. The van der Waals surface area contributed by atoms with E-state index in [1.807, 2.05) is 44.2 Å². The van der Waals surface area contributed by atoms with Gasteiger partial charge in [0, 0.05) is 30.7 Å². The number of aromatic nitrogens is 1. The second-order valence-electron chi connectivity index (χ2n) is 4.69. The summed E-state index contributed by atoms with van der Waals surface area (Å²) in [7, 11) is 0. The lowest BCUT2D eigenvalue weighted by atomic mass is 10.1. The van der Waals surface area contributed by atoms with E-state index in [2.05, 4.69) is 4.98 Å². The lowest BCUT2D eigenvalue weighted by Gasteiger charge is -2.25. The van der Waals surface area contributed by atoms with Crippen molar-refractivity contribution in [3.05, 3.63) is 36.5 Å². The molecule has 17 heavy (non-hydrogen) atoms. The predicted octanol–water partition coefficient (Wildman–Crippen LogP) is 2.77. The van der Waals surface area contributed by atoms with Gasteiger partial charge in [0.2, 0.25) is 0 Å². The van der Waals surface area contributed by atoms with E-state index in [1.54, 1.807) is 6.20 Å². The Morgan fingerprint density at radius 3 is 2.88 bits per heavy atom. The van der Waals surface area contributed by atoms with Crippen molar-refractivity contribution in [3.8, 4) is 5.75 Å². The zero-order valence-electron chi connectivity index (χ0n) is 10.2. The zero-order chi connectivity index (χ0) is 12.3. The number of rotatable bonds is 4. The van der Waals surface area contributed by atoms with Gasteiger partial charge in [0.1, 0.15) is 11.4 Å². The van der Waals surface area contributed by atoms with Crippen molar-refractivity contribution < 1.29 is 9.84 Å². The van der Waals surface area contributed by atoms with Gasteiger partial charge in [0.05, 0.1) is 5.52 Å². The van der Waals surface area contributed by atoms with Crippen molar-refractivity contribution >= 4 is 10.9 Å². The standard InChI is InChI=1S/C14H17NO2/c1-14(2,7-9-16)17-12-6-5-11-4-3-8-15-13(11)10-12/h3-6,8,10,16H,7,9H2,1-2H3. The molecule has 0 spiro atoms. The van der Waals surface area contributed by atoms with Crippen LogP contribution in [0.1, 0.15) is 20.3 Å². The van der Waals surface area contributed by atoms with Crippen molar-refractivity contribution in [2.45, 2.75) is 25.9 Å². The topological polar surface area (TPSA) is 42.4 Å². The first-order chi connectivity index (χ1) is 8.11. The largest absolute Gasteiger partial charge is 0.488 e. The lowest BCUT2D eigenvalue weighted by Crippen LogP contribution is -2.29. The molecule has 90 valence electrons. The van der Waals surface area contributed by atoms with Crippen molar-refractivity contribution in [3.63, 3.8) is 0 Å². The van der Waals surface area contributed by atoms with Crippen LogP contribution in [0.15, 0.2) is 36.5 Å². The van der Waals surface area contributed by atoms with Gasteiger partial charge in [-0.2, -0.15) is 0 Å². The highest BCUT2D eigenvalue weighted by Crippen LogP contribution is 2.24. The van der Waals surface area contributed by atoms with Crippen LogP contribution in [0.3, 0.4) is 0 Å². The molecule has 3 nitrogen and oxygen atoms in total. The Labute approximate surface area is 101 Å². The maximum atomic E-state index is 8.96. The zero-order valence-corrected chi connectivity index (χ0v) is 10.2. The average molecular weight is 231 g/mol. The minimum absolute atomic E-state index is 0.124. The smallest absolute Gasteiger partial charge is 0.122 e. The number of pyridine rings is 1. The molecule has 0 atom stereocenters. The van der Waals surface area contributed by atoms with Gasteiger partial charge >= 0.3 is 0 Å². The van der Waals surface area contributed by atoms with E-state index in [1.165, 1.54) is 0 Å². The maximum Gasteiger partial charge on any atom is 0.122 e. The van der Waals surface area contributed by atoms with Crippen LogP contribution in [0.5, 0.6) is 5.75 Å². The van der Waals surface area contributed by atoms with Gasteiger partial charge in [-0.15, -0.1) is 0 Å². The van der Waals surface area contributed by atoms with E-state index in [0.717, 1.165) is 16.7 Å². The van der Waals surface area contributed by atoms with Crippen LogP contribution in [0.25, 0.3) is 10.9 Å². The highest BCUT2D eigenvalue weighted by atomic mass is 16.5. The van der Waals surface area contributed by atoms with Gasteiger partial charge in [-0.3, -0.25) is 4.98 Å². The molecule has 0 amide bonds. The fourth-order valence-corrected chi connectivity index (χ4v) is 1.75. The Bertz CT molecular complexity index is 508. The Hall–Kier alpha value is -1.61. The summed E-state index contributed by atoms with van der Waals surface area (Å²) < 4.78 is 5.85. The quantitative estimate of drug-likeness (QED) is 0.879. The van der Waals surface area contributed by atoms with E-state index >= 15 is 0 Å². The van der Waals surface area contributed by atoms with E-state index in [-0.39, 0.29) is 12.2 Å². The fourth-order valence-electron chi connectivity index (χ4n) is 1.75. The first kappa shape index (κ1) is 11.9. The monoisotopic (exact) mass is 231 g/mol. The van der Waals surface area contributed by atoms with Gasteiger partial charge in [-0.05, 0) is 32.0 Å². The van der Waals surface area contributed by atoms with E-state index in [0.29, 0.717) is 6.42 Å². The van der Waals surface area contributed by atoms with Gasteiger partial charge in [-0.1, -0.05) is 6.07 Å². The summed E-state index contributed by atoms with van der Waals surface area (Å²) in [6.07, 6.45) is 2.37. The second kappa shape index (κ2) is 4.72. The number of hydrogen-bond acceptors (Lipinski definition) is 3. The summed E-state index contributed by atoms with van der Waals surface area (Å²) in [5.41, 5.74) is 0.557. The summed E-state index contributed by atoms with van der Waals surface area (Å²) in [4.78, 5) is 4.29. The number of fused-ring (bicyclic) bond motifs is 1. The van der Waals surface area contributed by atoms with Crippen molar-refractivity contribution in [2.75, 3.05) is 6.61 Å². The van der Waals surface area contributed by atoms with E-state index in [9.17, 15) is 0 Å². The molecule has 0 aliphatic rings. The van der Waals surface area contributed by atoms with Crippen LogP contribution >= 0.6 is 0 Å². The van der Waals surface area contributed by atoms with Gasteiger partial charge in [-0.25, -0.2) is 0 Å². The molecule has 2 rings (SSSR count). The number of aliphatic hydroxyl groups excluding tert-OH is 1. The Kier molecular flexibility index (Phi) is 3.29. The number of hydrogen-bond donors (Lipinski definition) is 1. The van der Waals surface area contributed by atoms with Crippen LogP contribution < -0.4 is 4.74 Å². The number of ether oxygens (including phenoxy) is 1. The molecule has 3 heteroatoms. The van der Waals surface area contributed by atoms with Gasteiger partial charge in [0.25, 0.3) is 0 Å². The number of benzene rings is 1. The molecule has 0 radical (unpaired) electrons.